The Kier molecular flexibility index (Phi) is 3.82. The Morgan fingerprint density at radius 2 is 2.29 bits per heavy atom. The van der Waals surface area contributed by atoms with Gasteiger partial charge >= 0.3 is 5.69 Å². The number of carbonyl (C=O) groups excluding carboxylic acids is 1. The second kappa shape index (κ2) is 5.11. The van der Waals surface area contributed by atoms with Crippen molar-refractivity contribution in [3.63, 3.8) is 0 Å². The third-order valence-electron chi connectivity index (χ3n) is 2.19. The van der Waals surface area contributed by atoms with Gasteiger partial charge in [-0.2, -0.15) is 0 Å². The van der Waals surface area contributed by atoms with Crippen LogP contribution in [-0.4, -0.2) is 34.4 Å². The molecule has 17 heavy (non-hydrogen) atoms. The van der Waals surface area contributed by atoms with Crippen LogP contribution in [0.4, 0.5) is 5.69 Å². The number of nitro groups is 1. The van der Waals surface area contributed by atoms with Gasteiger partial charge in [-0.25, -0.2) is 0 Å². The first-order valence-corrected chi connectivity index (χ1v) is 4.81. The van der Waals surface area contributed by atoms with Crippen LogP contribution in [0.15, 0.2) is 30.9 Å². The lowest BCUT2D eigenvalue weighted by Crippen LogP contribution is -2.26. The first-order chi connectivity index (χ1) is 7.99. The van der Waals surface area contributed by atoms with Crippen molar-refractivity contribution in [2.45, 2.75) is 0 Å². The summed E-state index contributed by atoms with van der Waals surface area (Å²) in [4.78, 5) is 23.0. The number of likely N-dealkylation sites (N-methyl/N-ethyl adjacent to an activating group) is 1. The highest BCUT2D eigenvalue weighted by Crippen LogP contribution is 2.29. The Bertz CT molecular complexity index is 471. The molecule has 0 atom stereocenters. The summed E-state index contributed by atoms with van der Waals surface area (Å²) in [7, 11) is 1.52. The van der Waals surface area contributed by atoms with Gasteiger partial charge in [0.1, 0.15) is 0 Å². The van der Waals surface area contributed by atoms with Crippen LogP contribution in [0.1, 0.15) is 10.4 Å². The summed E-state index contributed by atoms with van der Waals surface area (Å²) < 4.78 is 0. The molecule has 1 aromatic carbocycles. The molecule has 0 fully saturated rings. The smallest absolute Gasteiger partial charge is 0.311 e. The monoisotopic (exact) mass is 236 g/mol. The van der Waals surface area contributed by atoms with Gasteiger partial charge in [0, 0.05) is 19.7 Å². The summed E-state index contributed by atoms with van der Waals surface area (Å²) in [6.45, 7) is 3.77. The van der Waals surface area contributed by atoms with E-state index in [-0.39, 0.29) is 5.56 Å². The molecule has 0 aromatic heterocycles. The number of carbonyl (C=O) groups is 1. The minimum Gasteiger partial charge on any atom is -0.502 e. The summed E-state index contributed by atoms with van der Waals surface area (Å²) in [5.74, 6) is -1.11. The molecule has 1 N–H and O–H groups in total. The van der Waals surface area contributed by atoms with E-state index < -0.39 is 22.3 Å². The Labute approximate surface area is 97.9 Å². The van der Waals surface area contributed by atoms with Crippen molar-refractivity contribution in [1.82, 2.24) is 4.90 Å². The highest BCUT2D eigenvalue weighted by atomic mass is 16.6. The standard InChI is InChI=1S/C11H12N2O4/c1-3-7-12(2)11(15)8-5-4-6-9(10(8)14)13(16)17/h3-6,14H,1,7H2,2H3. The van der Waals surface area contributed by atoms with E-state index in [0.29, 0.717) is 6.54 Å². The zero-order valence-corrected chi connectivity index (χ0v) is 9.29. The minimum atomic E-state index is -0.736. The van der Waals surface area contributed by atoms with Crippen molar-refractivity contribution in [3.8, 4) is 5.75 Å². The number of phenols is 1. The van der Waals surface area contributed by atoms with Crippen LogP contribution in [0, 0.1) is 10.1 Å². The van der Waals surface area contributed by atoms with Crippen molar-refractivity contribution < 1.29 is 14.8 Å². The number of phenolic OH excluding ortho intramolecular Hbond substituents is 1. The topological polar surface area (TPSA) is 83.7 Å². The van der Waals surface area contributed by atoms with Crippen LogP contribution in [0.3, 0.4) is 0 Å². The second-order valence-electron chi connectivity index (χ2n) is 3.40. The number of para-hydroxylation sites is 1. The van der Waals surface area contributed by atoms with E-state index in [1.54, 1.807) is 0 Å². The van der Waals surface area contributed by atoms with Gasteiger partial charge in [-0.15, -0.1) is 6.58 Å². The third-order valence-corrected chi connectivity index (χ3v) is 2.19. The van der Waals surface area contributed by atoms with Crippen molar-refractivity contribution in [2.24, 2.45) is 0 Å². The van der Waals surface area contributed by atoms with Crippen LogP contribution in [0.5, 0.6) is 5.75 Å². The van der Waals surface area contributed by atoms with Gasteiger partial charge in [0.25, 0.3) is 5.91 Å². The van der Waals surface area contributed by atoms with Gasteiger partial charge in [-0.05, 0) is 6.07 Å². The van der Waals surface area contributed by atoms with Crippen molar-refractivity contribution in [3.05, 3.63) is 46.5 Å². The largest absolute Gasteiger partial charge is 0.502 e. The van der Waals surface area contributed by atoms with E-state index in [0.717, 1.165) is 6.07 Å². The fourth-order valence-corrected chi connectivity index (χ4v) is 1.33. The van der Waals surface area contributed by atoms with Crippen LogP contribution in [-0.2, 0) is 0 Å². The molecule has 90 valence electrons. The van der Waals surface area contributed by atoms with Gasteiger partial charge in [0.2, 0.25) is 5.75 Å². The number of amides is 1. The first-order valence-electron chi connectivity index (χ1n) is 4.81. The number of rotatable bonds is 4. The fourth-order valence-electron chi connectivity index (χ4n) is 1.33. The Morgan fingerprint density at radius 3 is 2.82 bits per heavy atom. The predicted octanol–water partition coefficient (Wildman–Crippen LogP) is 1.56. The highest BCUT2D eigenvalue weighted by molar-refractivity contribution is 5.98. The molecular weight excluding hydrogens is 224 g/mol. The maximum Gasteiger partial charge on any atom is 0.311 e. The van der Waals surface area contributed by atoms with Gasteiger partial charge in [-0.3, -0.25) is 14.9 Å². The second-order valence-corrected chi connectivity index (χ2v) is 3.40. The number of nitrogens with zero attached hydrogens (tertiary/aromatic N) is 2. The number of hydrogen-bond acceptors (Lipinski definition) is 4. The van der Waals surface area contributed by atoms with Crippen molar-refractivity contribution in [1.29, 1.82) is 0 Å². The molecule has 0 aliphatic rings. The lowest BCUT2D eigenvalue weighted by atomic mass is 10.1. The van der Waals surface area contributed by atoms with E-state index in [1.807, 2.05) is 0 Å². The maximum absolute atomic E-state index is 11.8. The van der Waals surface area contributed by atoms with Crippen LogP contribution in [0.2, 0.25) is 0 Å². The van der Waals surface area contributed by atoms with E-state index in [2.05, 4.69) is 6.58 Å². The molecule has 1 aromatic rings. The van der Waals surface area contributed by atoms with Crippen molar-refractivity contribution >= 4 is 11.6 Å². The molecule has 1 rings (SSSR count). The average molecular weight is 236 g/mol. The van der Waals surface area contributed by atoms with Crippen LogP contribution >= 0.6 is 0 Å². The van der Waals surface area contributed by atoms with Gasteiger partial charge in [0.15, 0.2) is 0 Å². The average Bonchev–Trinajstić information content (AvgIpc) is 2.28. The van der Waals surface area contributed by atoms with Gasteiger partial charge in [-0.1, -0.05) is 12.1 Å². The number of hydrogen-bond donors (Lipinski definition) is 1. The molecule has 6 nitrogen and oxygen atoms in total. The lowest BCUT2D eigenvalue weighted by Gasteiger charge is -2.15. The molecule has 0 aliphatic heterocycles. The Hall–Kier alpha value is -2.37. The van der Waals surface area contributed by atoms with E-state index >= 15 is 0 Å². The fraction of sp³-hybridized carbons (Fsp3) is 0.182. The van der Waals surface area contributed by atoms with Gasteiger partial charge in [0.05, 0.1) is 10.5 Å². The van der Waals surface area contributed by atoms with Crippen molar-refractivity contribution in [2.75, 3.05) is 13.6 Å². The van der Waals surface area contributed by atoms with E-state index in [1.165, 1.54) is 30.2 Å². The molecule has 0 aliphatic carbocycles. The molecule has 0 unspecified atom stereocenters. The Balaban J connectivity index is 3.15. The molecular formula is C11H12N2O4. The number of benzene rings is 1. The normalized spacial score (nSPS) is 9.71. The SMILES string of the molecule is C=CCN(C)C(=O)c1cccc([N+](=O)[O-])c1O. The maximum atomic E-state index is 11.8. The molecule has 0 saturated heterocycles. The molecule has 6 heteroatoms. The molecule has 0 radical (unpaired) electrons. The molecule has 1 amide bonds. The summed E-state index contributed by atoms with van der Waals surface area (Å²) in [6.07, 6.45) is 1.52. The summed E-state index contributed by atoms with van der Waals surface area (Å²) in [6, 6.07) is 3.83. The number of nitro benzene ring substituents is 1. The van der Waals surface area contributed by atoms with Crippen LogP contribution in [0.25, 0.3) is 0 Å². The zero-order valence-electron chi connectivity index (χ0n) is 9.29. The number of aromatic hydroxyl groups is 1. The quantitative estimate of drug-likeness (QED) is 0.488. The van der Waals surface area contributed by atoms with E-state index in [4.69, 9.17) is 0 Å². The lowest BCUT2D eigenvalue weighted by molar-refractivity contribution is -0.385. The first kappa shape index (κ1) is 12.7. The molecule has 0 bridgehead atoms. The van der Waals surface area contributed by atoms with Crippen LogP contribution < -0.4 is 0 Å². The summed E-state index contributed by atoms with van der Waals surface area (Å²) in [5, 5.41) is 20.2. The Morgan fingerprint density at radius 1 is 1.65 bits per heavy atom. The highest BCUT2D eigenvalue weighted by Gasteiger charge is 2.22. The summed E-state index contributed by atoms with van der Waals surface area (Å²) >= 11 is 0. The summed E-state index contributed by atoms with van der Waals surface area (Å²) in [5.41, 5.74) is -0.577. The van der Waals surface area contributed by atoms with E-state index in [9.17, 15) is 20.0 Å². The molecule has 0 saturated carbocycles. The molecule has 0 heterocycles. The third kappa shape index (κ3) is 2.60. The minimum absolute atomic E-state index is 0.0939. The predicted molar refractivity (Wildman–Crippen MR) is 61.9 cm³/mol. The zero-order chi connectivity index (χ0) is 13.0. The van der Waals surface area contributed by atoms with Gasteiger partial charge < -0.3 is 10.0 Å². The molecule has 0 spiro atoms.